The van der Waals surface area contributed by atoms with Crippen LogP contribution in [0.15, 0.2) is 30.3 Å². The second kappa shape index (κ2) is 5.76. The van der Waals surface area contributed by atoms with Crippen LogP contribution < -0.4 is 0 Å². The predicted molar refractivity (Wildman–Crippen MR) is 77.8 cm³/mol. The molecule has 2 saturated heterocycles. The summed E-state index contributed by atoms with van der Waals surface area (Å²) in [7, 11) is 0. The Balaban J connectivity index is 1.77. The largest absolute Gasteiger partial charge is 0.480 e. The summed E-state index contributed by atoms with van der Waals surface area (Å²) in [4.78, 5) is 27.5. The van der Waals surface area contributed by atoms with Crippen LogP contribution in [0.4, 0.5) is 4.79 Å². The third kappa shape index (κ3) is 2.73. The highest BCUT2D eigenvalue weighted by molar-refractivity contribution is 5.83. The maximum absolute atomic E-state index is 12.7. The van der Waals surface area contributed by atoms with E-state index in [9.17, 15) is 14.7 Å². The molecule has 0 unspecified atom stereocenters. The van der Waals surface area contributed by atoms with Gasteiger partial charge in [0.2, 0.25) is 0 Å². The molecular weight excluding hydrogens is 268 g/mol. The molecule has 1 aromatic carbocycles. The van der Waals surface area contributed by atoms with Gasteiger partial charge in [-0.2, -0.15) is 0 Å². The Morgan fingerprint density at radius 2 is 1.95 bits per heavy atom. The molecule has 2 atom stereocenters. The molecule has 0 spiro atoms. The molecule has 2 fully saturated rings. The van der Waals surface area contributed by atoms with E-state index in [0.29, 0.717) is 19.5 Å². The first-order valence-electron chi connectivity index (χ1n) is 7.51. The monoisotopic (exact) mass is 288 g/mol. The van der Waals surface area contributed by atoms with Crippen molar-refractivity contribution in [2.24, 2.45) is 0 Å². The van der Waals surface area contributed by atoms with Crippen LogP contribution in [0.1, 0.15) is 31.2 Å². The zero-order chi connectivity index (χ0) is 14.8. The topological polar surface area (TPSA) is 60.9 Å². The fourth-order valence-electron chi connectivity index (χ4n) is 3.41. The van der Waals surface area contributed by atoms with Crippen LogP contribution in [-0.2, 0) is 11.3 Å². The van der Waals surface area contributed by atoms with Crippen molar-refractivity contribution in [3.63, 3.8) is 0 Å². The van der Waals surface area contributed by atoms with E-state index in [1.54, 1.807) is 9.80 Å². The smallest absolute Gasteiger partial charge is 0.326 e. The summed E-state index contributed by atoms with van der Waals surface area (Å²) in [5, 5.41) is 9.36. The molecule has 2 amide bonds. The number of amides is 2. The highest BCUT2D eigenvalue weighted by atomic mass is 16.4. The Hall–Kier alpha value is -2.04. The van der Waals surface area contributed by atoms with Gasteiger partial charge in [0.05, 0.1) is 0 Å². The molecule has 112 valence electrons. The quantitative estimate of drug-likeness (QED) is 0.928. The normalized spacial score (nSPS) is 25.6. The van der Waals surface area contributed by atoms with E-state index in [1.165, 1.54) is 0 Å². The average Bonchev–Trinajstić information content (AvgIpc) is 2.50. The summed E-state index contributed by atoms with van der Waals surface area (Å²) >= 11 is 0. The fraction of sp³-hybridized carbons (Fsp3) is 0.500. The van der Waals surface area contributed by atoms with Crippen LogP contribution in [0.25, 0.3) is 0 Å². The number of hydrogen-bond donors (Lipinski definition) is 1. The molecule has 0 radical (unpaired) electrons. The van der Waals surface area contributed by atoms with Gasteiger partial charge >= 0.3 is 12.0 Å². The predicted octanol–water partition coefficient (Wildman–Crippen LogP) is 2.32. The van der Waals surface area contributed by atoms with E-state index in [2.05, 4.69) is 0 Å². The number of aliphatic carboxylic acids is 1. The fourth-order valence-corrected chi connectivity index (χ4v) is 3.41. The Bertz CT molecular complexity index is 532. The molecule has 5 nitrogen and oxygen atoms in total. The molecule has 0 saturated carbocycles. The summed E-state index contributed by atoms with van der Waals surface area (Å²) in [6.07, 6.45) is 3.25. The van der Waals surface area contributed by atoms with Crippen molar-refractivity contribution in [1.82, 2.24) is 9.80 Å². The number of carbonyl (C=O) groups excluding carboxylic acids is 1. The Labute approximate surface area is 124 Å². The van der Waals surface area contributed by atoms with Crippen LogP contribution in [0.5, 0.6) is 0 Å². The molecule has 0 bridgehead atoms. The van der Waals surface area contributed by atoms with Crippen molar-refractivity contribution >= 4 is 12.0 Å². The summed E-state index contributed by atoms with van der Waals surface area (Å²) in [6.45, 7) is 1.26. The molecule has 3 rings (SSSR count). The molecule has 2 aliphatic heterocycles. The lowest BCUT2D eigenvalue weighted by Gasteiger charge is -2.46. The minimum Gasteiger partial charge on any atom is -0.480 e. The van der Waals surface area contributed by atoms with Gasteiger partial charge in [0.1, 0.15) is 6.04 Å². The van der Waals surface area contributed by atoms with Gasteiger partial charge in [-0.3, -0.25) is 0 Å². The molecule has 5 heteroatoms. The minimum atomic E-state index is -0.880. The van der Waals surface area contributed by atoms with E-state index in [4.69, 9.17) is 0 Å². The summed E-state index contributed by atoms with van der Waals surface area (Å²) < 4.78 is 0. The van der Waals surface area contributed by atoms with Crippen LogP contribution in [0.2, 0.25) is 0 Å². The third-order valence-electron chi connectivity index (χ3n) is 4.47. The van der Waals surface area contributed by atoms with Crippen molar-refractivity contribution in [3.8, 4) is 0 Å². The number of hydrogen-bond acceptors (Lipinski definition) is 2. The molecule has 2 aliphatic rings. The number of benzene rings is 1. The zero-order valence-corrected chi connectivity index (χ0v) is 11.9. The van der Waals surface area contributed by atoms with Gasteiger partial charge < -0.3 is 14.9 Å². The molecule has 1 N–H and O–H groups in total. The number of nitrogens with zero attached hydrogens (tertiary/aromatic N) is 2. The lowest BCUT2D eigenvalue weighted by Crippen LogP contribution is -2.61. The van der Waals surface area contributed by atoms with Crippen molar-refractivity contribution < 1.29 is 14.7 Å². The molecular formula is C16H20N2O3. The van der Waals surface area contributed by atoms with Gasteiger partial charge in [-0.1, -0.05) is 30.3 Å². The first-order valence-corrected chi connectivity index (χ1v) is 7.51. The standard InChI is InChI=1S/C16H20N2O3/c19-15(20)14-8-4-7-13-9-10-17(16(21)18(13)14)11-12-5-2-1-3-6-12/h1-3,5-6,13-14H,4,7-11H2,(H,19,20)/t13-,14-/m0/s1. The summed E-state index contributed by atoms with van der Waals surface area (Å²) in [5.74, 6) is -0.880. The van der Waals surface area contributed by atoms with E-state index in [-0.39, 0.29) is 12.1 Å². The number of carboxylic acids is 1. The molecule has 21 heavy (non-hydrogen) atoms. The lowest BCUT2D eigenvalue weighted by atomic mass is 9.92. The SMILES string of the molecule is O=C(O)[C@@H]1CCC[C@H]2CCN(Cc3ccccc3)C(=O)N21. The first-order chi connectivity index (χ1) is 10.2. The van der Waals surface area contributed by atoms with Crippen molar-refractivity contribution in [2.75, 3.05) is 6.54 Å². The van der Waals surface area contributed by atoms with E-state index in [0.717, 1.165) is 24.8 Å². The van der Waals surface area contributed by atoms with E-state index >= 15 is 0 Å². The number of urea groups is 1. The van der Waals surface area contributed by atoms with Crippen LogP contribution >= 0.6 is 0 Å². The van der Waals surface area contributed by atoms with Crippen molar-refractivity contribution in [1.29, 1.82) is 0 Å². The van der Waals surface area contributed by atoms with Gasteiger partial charge in [-0.25, -0.2) is 9.59 Å². The van der Waals surface area contributed by atoms with E-state index < -0.39 is 12.0 Å². The molecule has 0 aromatic heterocycles. The second-order valence-corrected chi connectivity index (χ2v) is 5.82. The number of piperidine rings is 1. The molecule has 1 aromatic rings. The molecule has 2 heterocycles. The van der Waals surface area contributed by atoms with Crippen LogP contribution in [0.3, 0.4) is 0 Å². The van der Waals surface area contributed by atoms with Gasteiger partial charge in [0.25, 0.3) is 0 Å². The Morgan fingerprint density at radius 3 is 2.67 bits per heavy atom. The Kier molecular flexibility index (Phi) is 3.82. The van der Waals surface area contributed by atoms with Gasteiger partial charge in [0, 0.05) is 19.1 Å². The highest BCUT2D eigenvalue weighted by Crippen LogP contribution is 2.30. The average molecular weight is 288 g/mol. The maximum Gasteiger partial charge on any atom is 0.326 e. The van der Waals surface area contributed by atoms with Crippen molar-refractivity contribution in [2.45, 2.75) is 44.3 Å². The molecule has 0 aliphatic carbocycles. The van der Waals surface area contributed by atoms with Gasteiger partial charge in [-0.15, -0.1) is 0 Å². The maximum atomic E-state index is 12.7. The van der Waals surface area contributed by atoms with Gasteiger partial charge in [-0.05, 0) is 31.2 Å². The number of carbonyl (C=O) groups is 2. The number of rotatable bonds is 3. The van der Waals surface area contributed by atoms with E-state index in [1.807, 2.05) is 30.3 Å². The zero-order valence-electron chi connectivity index (χ0n) is 11.9. The summed E-state index contributed by atoms with van der Waals surface area (Å²) in [6, 6.07) is 9.15. The van der Waals surface area contributed by atoms with Crippen LogP contribution in [0, 0.1) is 0 Å². The minimum absolute atomic E-state index is 0.0966. The number of fused-ring (bicyclic) bond motifs is 1. The Morgan fingerprint density at radius 1 is 1.19 bits per heavy atom. The second-order valence-electron chi connectivity index (χ2n) is 5.82. The summed E-state index contributed by atoms with van der Waals surface area (Å²) in [5.41, 5.74) is 1.08. The lowest BCUT2D eigenvalue weighted by molar-refractivity contribution is -0.145. The first kappa shape index (κ1) is 13.9. The number of carboxylic acid groups (broad SMARTS) is 1. The van der Waals surface area contributed by atoms with Crippen molar-refractivity contribution in [3.05, 3.63) is 35.9 Å². The van der Waals surface area contributed by atoms with Gasteiger partial charge in [0.15, 0.2) is 0 Å². The van der Waals surface area contributed by atoms with Crippen LogP contribution in [-0.4, -0.2) is 45.5 Å². The highest BCUT2D eigenvalue weighted by Gasteiger charge is 2.42. The third-order valence-corrected chi connectivity index (χ3v) is 4.47.